The van der Waals surface area contributed by atoms with Crippen molar-refractivity contribution in [1.29, 1.82) is 0 Å². The van der Waals surface area contributed by atoms with Crippen molar-refractivity contribution < 1.29 is 62.6 Å². The van der Waals surface area contributed by atoms with Gasteiger partial charge in [-0.2, -0.15) is 0 Å². The third kappa shape index (κ3) is 38.6. The van der Waals surface area contributed by atoms with Crippen molar-refractivity contribution in [2.45, 2.75) is 246 Å². The van der Waals surface area contributed by atoms with Crippen molar-refractivity contribution in [1.82, 2.24) is 58.5 Å². The highest BCUT2D eigenvalue weighted by atomic mass is 16.4. The van der Waals surface area contributed by atoms with Crippen LogP contribution in [-0.2, 0) is 57.5 Å². The fraction of sp³-hybridized carbons (Fsp3) is 0.742. The number of amides is 11. The lowest BCUT2D eigenvalue weighted by Gasteiger charge is -2.32. The molecule has 0 rings (SSSR count). The first kappa shape index (κ1) is 96.0. The average molecular weight is 1510 g/mol. The number of carboxylic acid groups (broad SMARTS) is 1. The van der Waals surface area contributed by atoms with Crippen LogP contribution >= 0.6 is 0 Å². The number of aliphatic carboxylic acids is 1. The molecule has 0 bridgehead atoms. The number of carbonyl (C=O) groups is 12. The molecule has 0 unspecified atom stereocenters. The molecule has 0 aromatic rings. The van der Waals surface area contributed by atoms with Crippen LogP contribution in [0.4, 0.5) is 0 Å². The SMILES string of the molecule is CC[C@H](C)[C@H](NC(=O)[C@H](CCCN=C(N)N)NC(=O)[C@H](CCCN=C(N)N)NC(=O)[C@H](CC(C)C)NC(=O)[C@@H](N)CCCN=C(N)N)C(=O)N[C@H](C(=O)N[C@H](C(=O)N[C@H](C(=O)N[C@@H](CCCN=C(N)N)C(=O)N[C@H](C(=O)N[C@@H](C)C(=O)N[C@@H](CCCN=C(N)N)C(=O)O)C(C)C)[C@@H](C)CC)C(C)C)C(C)C. The van der Waals surface area contributed by atoms with Gasteiger partial charge in [-0.1, -0.05) is 95.9 Å². The Morgan fingerprint density at radius 3 is 0.868 bits per heavy atom. The van der Waals surface area contributed by atoms with Gasteiger partial charge in [0.1, 0.15) is 66.5 Å². The number of carbonyl (C=O) groups excluding carboxylic acids is 11. The summed E-state index contributed by atoms with van der Waals surface area (Å²) in [5.41, 5.74) is 61.2. The molecule has 34 N–H and O–H groups in total. The summed E-state index contributed by atoms with van der Waals surface area (Å²) in [7, 11) is 0. The molecule has 0 spiro atoms. The van der Waals surface area contributed by atoms with E-state index in [1.165, 1.54) is 6.92 Å². The summed E-state index contributed by atoms with van der Waals surface area (Å²) in [4.78, 5) is 188. The van der Waals surface area contributed by atoms with Crippen molar-refractivity contribution in [3.63, 3.8) is 0 Å². The van der Waals surface area contributed by atoms with E-state index in [1.807, 2.05) is 13.8 Å². The van der Waals surface area contributed by atoms with Crippen LogP contribution in [0.3, 0.4) is 0 Å². The van der Waals surface area contributed by atoms with Gasteiger partial charge in [0.2, 0.25) is 65.0 Å². The number of nitrogens with one attached hydrogen (secondary N) is 11. The van der Waals surface area contributed by atoms with E-state index in [2.05, 4.69) is 83.4 Å². The molecular formula is C66H127N27O13. The molecule has 0 aromatic heterocycles. The van der Waals surface area contributed by atoms with Crippen LogP contribution in [0.2, 0.25) is 0 Å². The van der Waals surface area contributed by atoms with Gasteiger partial charge in [-0.15, -0.1) is 0 Å². The predicted molar refractivity (Wildman–Crippen MR) is 405 cm³/mol. The normalized spacial score (nSPS) is 15.1. The van der Waals surface area contributed by atoms with E-state index in [4.69, 9.17) is 63.1 Å². The third-order valence-corrected chi connectivity index (χ3v) is 17.0. The second-order valence-electron chi connectivity index (χ2n) is 27.8. The summed E-state index contributed by atoms with van der Waals surface area (Å²) >= 11 is 0. The molecule has 0 aliphatic heterocycles. The van der Waals surface area contributed by atoms with Gasteiger partial charge in [0, 0.05) is 32.7 Å². The summed E-state index contributed by atoms with van der Waals surface area (Å²) < 4.78 is 0. The van der Waals surface area contributed by atoms with Gasteiger partial charge in [0.15, 0.2) is 29.8 Å². The number of rotatable bonds is 52. The minimum absolute atomic E-state index is 0.0132. The third-order valence-electron chi connectivity index (χ3n) is 17.0. The Balaban J connectivity index is 7.12. The topological polar surface area (TPSA) is 705 Å². The number of hydrogen-bond acceptors (Lipinski definition) is 18. The molecule has 0 aliphatic rings. The zero-order valence-electron chi connectivity index (χ0n) is 64.1. The highest BCUT2D eigenvalue weighted by Gasteiger charge is 2.39. The summed E-state index contributed by atoms with van der Waals surface area (Å²) in [6.45, 7) is 22.0. The van der Waals surface area contributed by atoms with E-state index in [0.717, 1.165) is 0 Å². The van der Waals surface area contributed by atoms with Crippen LogP contribution < -0.4 is 122 Å². The Labute approximate surface area is 621 Å². The number of nitrogens with two attached hydrogens (primary N) is 11. The van der Waals surface area contributed by atoms with Crippen LogP contribution in [-0.4, -0.2) is 211 Å². The van der Waals surface area contributed by atoms with E-state index in [-0.39, 0.29) is 133 Å². The van der Waals surface area contributed by atoms with Gasteiger partial charge < -0.3 is 127 Å². The highest BCUT2D eigenvalue weighted by Crippen LogP contribution is 2.17. The largest absolute Gasteiger partial charge is 0.480 e. The fourth-order valence-corrected chi connectivity index (χ4v) is 10.4. The number of hydrogen-bond donors (Lipinski definition) is 23. The number of carboxylic acids is 1. The van der Waals surface area contributed by atoms with Crippen LogP contribution in [0.25, 0.3) is 0 Å². The smallest absolute Gasteiger partial charge is 0.326 e. The summed E-state index contributed by atoms with van der Waals surface area (Å²) in [5.74, 6) is -14.5. The van der Waals surface area contributed by atoms with Crippen molar-refractivity contribution in [3.05, 3.63) is 0 Å². The molecule has 40 nitrogen and oxygen atoms in total. The quantitative estimate of drug-likeness (QED) is 0.0153. The van der Waals surface area contributed by atoms with Crippen molar-refractivity contribution in [2.75, 3.05) is 32.7 Å². The zero-order chi connectivity index (χ0) is 81.2. The molecule has 0 aromatic carbocycles. The van der Waals surface area contributed by atoms with E-state index in [1.54, 1.807) is 69.2 Å². The van der Waals surface area contributed by atoms with Crippen LogP contribution in [0.5, 0.6) is 0 Å². The van der Waals surface area contributed by atoms with Gasteiger partial charge in [0.25, 0.3) is 0 Å². The van der Waals surface area contributed by atoms with Gasteiger partial charge in [-0.25, -0.2) is 4.79 Å². The van der Waals surface area contributed by atoms with E-state index in [0.29, 0.717) is 19.3 Å². The van der Waals surface area contributed by atoms with Crippen LogP contribution in [0.15, 0.2) is 25.0 Å². The van der Waals surface area contributed by atoms with Gasteiger partial charge >= 0.3 is 5.97 Å². The Morgan fingerprint density at radius 1 is 0.302 bits per heavy atom. The predicted octanol–water partition coefficient (Wildman–Crippen LogP) is -5.87. The molecule has 40 heteroatoms. The van der Waals surface area contributed by atoms with Crippen LogP contribution in [0, 0.1) is 35.5 Å². The first-order valence-electron chi connectivity index (χ1n) is 36.1. The Bertz CT molecular complexity index is 3000. The van der Waals surface area contributed by atoms with E-state index in [9.17, 15) is 62.6 Å². The molecule has 0 fully saturated rings. The molecule has 14 atom stereocenters. The lowest BCUT2D eigenvalue weighted by atomic mass is 9.94. The van der Waals surface area contributed by atoms with Crippen LogP contribution in [0.1, 0.15) is 173 Å². The lowest BCUT2D eigenvalue weighted by molar-refractivity contribution is -0.142. The zero-order valence-corrected chi connectivity index (χ0v) is 64.1. The van der Waals surface area contributed by atoms with Gasteiger partial charge in [-0.05, 0) is 113 Å². The lowest BCUT2D eigenvalue weighted by Crippen LogP contribution is -2.63. The second-order valence-corrected chi connectivity index (χ2v) is 27.8. The number of aliphatic imine (C=N–C) groups is 5. The minimum atomic E-state index is -1.41. The monoisotopic (exact) mass is 1510 g/mol. The Kier molecular flexibility index (Phi) is 45.6. The molecule has 11 amide bonds. The minimum Gasteiger partial charge on any atom is -0.480 e. The molecule has 0 radical (unpaired) electrons. The molecule has 106 heavy (non-hydrogen) atoms. The Hall–Kier alpha value is -10.0. The first-order valence-corrected chi connectivity index (χ1v) is 36.1. The molecule has 0 heterocycles. The van der Waals surface area contributed by atoms with Crippen molar-refractivity contribution >= 4 is 101 Å². The maximum Gasteiger partial charge on any atom is 0.326 e. The Morgan fingerprint density at radius 2 is 0.547 bits per heavy atom. The second kappa shape index (κ2) is 50.4. The maximum atomic E-state index is 14.7. The fourth-order valence-electron chi connectivity index (χ4n) is 10.4. The summed E-state index contributed by atoms with van der Waals surface area (Å²) in [5, 5.41) is 39.2. The van der Waals surface area contributed by atoms with Crippen molar-refractivity contribution in [3.8, 4) is 0 Å². The van der Waals surface area contributed by atoms with Crippen molar-refractivity contribution in [2.24, 2.45) is 124 Å². The molecule has 0 saturated heterocycles. The number of guanidine groups is 5. The molecule has 604 valence electrons. The summed E-state index contributed by atoms with van der Waals surface area (Å²) in [6, 6.07) is -15.7. The molecule has 0 saturated carbocycles. The van der Waals surface area contributed by atoms with Gasteiger partial charge in [-0.3, -0.25) is 77.7 Å². The van der Waals surface area contributed by atoms with E-state index >= 15 is 0 Å². The standard InChI is InChI=1S/C66H127N27O13/c1-14-36(11)48(59(103)86-42(24-19-29-81-65(74)75)53(97)89-45(33(5)6)56(100)83-38(13)50(94)87-43(61(105)106)25-20-30-82-66(76)77)93-58(102)47(35(9)10)90-57(101)46(34(7)8)91-60(104)49(37(12)15-2)92-54(98)41(23-18-28-80-64(72)73)84-52(96)40(22-17-27-79-63(70)71)85-55(99)44(31-32(3)4)88-51(95)39(67)21-16-26-78-62(68)69/h32-49H,14-31,67H2,1-13H3,(H,83,100)(H,84,96)(H,85,99)(H,86,103)(H,87,94)(H,88,95)(H,89,97)(H,90,101)(H,91,104)(H,92,98)(H,93,102)(H,105,106)(H4,68,69,78)(H4,70,71,79)(H4,72,73,80)(H4,74,75,81)(H4,76,77,82)/t36-,37-,38-,39-,40-,41-,42-,43-,44-,45-,46-,47-,48-,49-/m0/s1. The van der Waals surface area contributed by atoms with E-state index < -0.39 is 173 Å². The number of nitrogens with zero attached hydrogens (tertiary/aromatic N) is 5. The highest BCUT2D eigenvalue weighted by molar-refractivity contribution is 6.00. The average Bonchev–Trinajstić information content (AvgIpc) is 0.844. The summed E-state index contributed by atoms with van der Waals surface area (Å²) in [6.07, 6.45) is 1.60. The molecule has 0 aliphatic carbocycles. The first-order chi connectivity index (χ1) is 49.5. The molecular weight excluding hydrogens is 1380 g/mol. The van der Waals surface area contributed by atoms with Gasteiger partial charge in [0.05, 0.1) is 6.04 Å². The maximum absolute atomic E-state index is 14.7.